The molecule has 2 aromatic rings. The fraction of sp³-hybridized carbons (Fsp3) is 0.118. The van der Waals surface area contributed by atoms with Crippen LogP contribution in [-0.2, 0) is 4.79 Å². The maximum atomic E-state index is 12.2. The van der Waals surface area contributed by atoms with E-state index in [-0.39, 0.29) is 5.91 Å². The molecule has 0 aliphatic heterocycles. The number of rotatable bonds is 3. The van der Waals surface area contributed by atoms with Crippen LogP contribution in [0.15, 0.2) is 54.1 Å². The van der Waals surface area contributed by atoms with Crippen LogP contribution in [0.3, 0.4) is 0 Å². The number of carbonyl (C=O) groups excluding carboxylic acids is 1. The summed E-state index contributed by atoms with van der Waals surface area (Å²) < 4.78 is 0. The number of carbonyl (C=O) groups is 1. The van der Waals surface area contributed by atoms with Gasteiger partial charge in [-0.1, -0.05) is 48.0 Å². The van der Waals surface area contributed by atoms with Crippen molar-refractivity contribution in [2.45, 2.75) is 13.8 Å². The summed E-state index contributed by atoms with van der Waals surface area (Å²) >= 11 is 5.94. The summed E-state index contributed by atoms with van der Waals surface area (Å²) in [5.74, 6) is -0.126. The van der Waals surface area contributed by atoms with Gasteiger partial charge in [-0.15, -0.1) is 0 Å². The number of nitrogens with one attached hydrogen (secondary N) is 1. The molecule has 0 unspecified atom stereocenters. The van der Waals surface area contributed by atoms with Gasteiger partial charge in [-0.25, -0.2) is 0 Å². The molecular formula is C17H16ClNO. The van der Waals surface area contributed by atoms with Crippen molar-refractivity contribution in [3.63, 3.8) is 0 Å². The Morgan fingerprint density at radius 2 is 1.85 bits per heavy atom. The summed E-state index contributed by atoms with van der Waals surface area (Å²) in [5, 5.41) is 3.49. The van der Waals surface area contributed by atoms with E-state index in [0.717, 1.165) is 16.8 Å². The second kappa shape index (κ2) is 6.40. The van der Waals surface area contributed by atoms with Crippen molar-refractivity contribution < 1.29 is 4.79 Å². The Bertz CT molecular complexity index is 647. The average molecular weight is 286 g/mol. The van der Waals surface area contributed by atoms with Gasteiger partial charge in [0.15, 0.2) is 0 Å². The summed E-state index contributed by atoms with van der Waals surface area (Å²) in [6, 6.07) is 15.2. The molecule has 20 heavy (non-hydrogen) atoms. The van der Waals surface area contributed by atoms with Crippen LogP contribution in [0.4, 0.5) is 5.69 Å². The van der Waals surface area contributed by atoms with Crippen LogP contribution in [0.25, 0.3) is 6.08 Å². The lowest BCUT2D eigenvalue weighted by atomic mass is 10.1. The van der Waals surface area contributed by atoms with Crippen molar-refractivity contribution in [3.05, 3.63) is 70.3 Å². The van der Waals surface area contributed by atoms with Gasteiger partial charge < -0.3 is 5.32 Å². The zero-order chi connectivity index (χ0) is 14.5. The minimum Gasteiger partial charge on any atom is -0.322 e. The molecular weight excluding hydrogens is 270 g/mol. The molecule has 0 bridgehead atoms. The van der Waals surface area contributed by atoms with E-state index in [1.165, 1.54) is 0 Å². The number of amides is 1. The van der Waals surface area contributed by atoms with E-state index in [0.29, 0.717) is 10.6 Å². The monoisotopic (exact) mass is 285 g/mol. The Hall–Kier alpha value is -2.06. The van der Waals surface area contributed by atoms with Gasteiger partial charge in [-0.2, -0.15) is 0 Å². The predicted octanol–water partition coefficient (Wildman–Crippen LogP) is 4.69. The highest BCUT2D eigenvalue weighted by Crippen LogP contribution is 2.21. The van der Waals surface area contributed by atoms with Crippen LogP contribution in [0.1, 0.15) is 18.1 Å². The highest BCUT2D eigenvalue weighted by molar-refractivity contribution is 6.31. The molecule has 0 heterocycles. The standard InChI is InChI=1S/C17H16ClNO/c1-12-8-9-15(18)11-16(12)19-17(20)13(2)10-14-6-4-3-5-7-14/h3-11H,1-2H3,(H,19,20)/b13-10+. The molecule has 2 rings (SSSR count). The summed E-state index contributed by atoms with van der Waals surface area (Å²) in [7, 11) is 0. The van der Waals surface area contributed by atoms with Gasteiger partial charge in [-0.05, 0) is 43.2 Å². The largest absolute Gasteiger partial charge is 0.322 e. The van der Waals surface area contributed by atoms with Crippen LogP contribution in [0.5, 0.6) is 0 Å². The zero-order valence-electron chi connectivity index (χ0n) is 11.5. The molecule has 0 spiro atoms. The Kier molecular flexibility index (Phi) is 4.59. The highest BCUT2D eigenvalue weighted by Gasteiger charge is 2.07. The molecule has 0 saturated heterocycles. The van der Waals surface area contributed by atoms with E-state index < -0.39 is 0 Å². The Morgan fingerprint density at radius 1 is 1.15 bits per heavy atom. The van der Waals surface area contributed by atoms with E-state index in [1.807, 2.05) is 49.4 Å². The second-order valence-corrected chi connectivity index (χ2v) is 5.09. The third-order valence-electron chi connectivity index (χ3n) is 2.99. The fourth-order valence-electron chi connectivity index (χ4n) is 1.81. The van der Waals surface area contributed by atoms with Gasteiger partial charge in [0.25, 0.3) is 5.91 Å². The van der Waals surface area contributed by atoms with Crippen molar-refractivity contribution in [3.8, 4) is 0 Å². The van der Waals surface area contributed by atoms with E-state index >= 15 is 0 Å². The fourth-order valence-corrected chi connectivity index (χ4v) is 1.99. The number of benzene rings is 2. The molecule has 0 fully saturated rings. The number of anilines is 1. The molecule has 0 radical (unpaired) electrons. The molecule has 1 N–H and O–H groups in total. The maximum Gasteiger partial charge on any atom is 0.251 e. The summed E-state index contributed by atoms with van der Waals surface area (Å²) in [6.07, 6.45) is 1.86. The molecule has 102 valence electrons. The van der Waals surface area contributed by atoms with Crippen molar-refractivity contribution in [1.82, 2.24) is 0 Å². The number of aryl methyl sites for hydroxylation is 1. The normalized spacial score (nSPS) is 11.2. The van der Waals surface area contributed by atoms with Crippen LogP contribution in [-0.4, -0.2) is 5.91 Å². The molecule has 2 aromatic carbocycles. The Labute approximate surface area is 124 Å². The summed E-state index contributed by atoms with van der Waals surface area (Å²) in [6.45, 7) is 3.73. The van der Waals surface area contributed by atoms with Gasteiger partial charge in [0.2, 0.25) is 0 Å². The minimum absolute atomic E-state index is 0.126. The Balaban J connectivity index is 2.16. The van der Waals surface area contributed by atoms with E-state index in [4.69, 9.17) is 11.6 Å². The summed E-state index contributed by atoms with van der Waals surface area (Å²) in [5.41, 5.74) is 3.37. The third-order valence-corrected chi connectivity index (χ3v) is 3.22. The van der Waals surface area contributed by atoms with E-state index in [2.05, 4.69) is 5.32 Å². The minimum atomic E-state index is -0.126. The number of hydrogen-bond donors (Lipinski definition) is 1. The smallest absolute Gasteiger partial charge is 0.251 e. The van der Waals surface area contributed by atoms with Crippen molar-refractivity contribution in [2.75, 3.05) is 5.32 Å². The van der Waals surface area contributed by atoms with Gasteiger partial charge in [0.05, 0.1) is 0 Å². The molecule has 0 aliphatic rings. The molecule has 1 amide bonds. The quantitative estimate of drug-likeness (QED) is 0.814. The SMILES string of the molecule is C/C(=C\c1ccccc1)C(=O)Nc1cc(Cl)ccc1C. The lowest BCUT2D eigenvalue weighted by Gasteiger charge is -2.09. The number of halogens is 1. The van der Waals surface area contributed by atoms with Gasteiger partial charge in [-0.3, -0.25) is 4.79 Å². The molecule has 0 aromatic heterocycles. The highest BCUT2D eigenvalue weighted by atomic mass is 35.5. The predicted molar refractivity (Wildman–Crippen MR) is 84.9 cm³/mol. The third kappa shape index (κ3) is 3.72. The first kappa shape index (κ1) is 14.4. The van der Waals surface area contributed by atoms with Crippen molar-refractivity contribution >= 4 is 29.3 Å². The molecule has 2 nitrogen and oxygen atoms in total. The van der Waals surface area contributed by atoms with Crippen molar-refractivity contribution in [1.29, 1.82) is 0 Å². The lowest BCUT2D eigenvalue weighted by Crippen LogP contribution is -2.13. The van der Waals surface area contributed by atoms with Crippen LogP contribution in [0, 0.1) is 6.92 Å². The van der Waals surface area contributed by atoms with Crippen LogP contribution >= 0.6 is 11.6 Å². The van der Waals surface area contributed by atoms with Gasteiger partial charge in [0.1, 0.15) is 0 Å². The molecule has 0 saturated carbocycles. The van der Waals surface area contributed by atoms with Crippen LogP contribution in [0.2, 0.25) is 5.02 Å². The first-order valence-corrected chi connectivity index (χ1v) is 6.75. The zero-order valence-corrected chi connectivity index (χ0v) is 12.2. The van der Waals surface area contributed by atoms with E-state index in [9.17, 15) is 4.79 Å². The maximum absolute atomic E-state index is 12.2. The van der Waals surface area contributed by atoms with Gasteiger partial charge >= 0.3 is 0 Å². The summed E-state index contributed by atoms with van der Waals surface area (Å²) in [4.78, 5) is 12.2. The first-order valence-electron chi connectivity index (χ1n) is 6.37. The molecule has 0 atom stereocenters. The van der Waals surface area contributed by atoms with Gasteiger partial charge in [0, 0.05) is 16.3 Å². The van der Waals surface area contributed by atoms with E-state index in [1.54, 1.807) is 19.1 Å². The lowest BCUT2D eigenvalue weighted by molar-refractivity contribution is -0.112. The average Bonchev–Trinajstić information content (AvgIpc) is 2.44. The van der Waals surface area contributed by atoms with Crippen molar-refractivity contribution in [2.24, 2.45) is 0 Å². The first-order chi connectivity index (χ1) is 9.56. The molecule has 3 heteroatoms. The number of hydrogen-bond acceptors (Lipinski definition) is 1. The Morgan fingerprint density at radius 3 is 2.55 bits per heavy atom. The topological polar surface area (TPSA) is 29.1 Å². The molecule has 0 aliphatic carbocycles. The second-order valence-electron chi connectivity index (χ2n) is 4.65. The van der Waals surface area contributed by atoms with Crippen LogP contribution < -0.4 is 5.32 Å².